The summed E-state index contributed by atoms with van der Waals surface area (Å²) in [6.45, 7) is 6.32. The summed E-state index contributed by atoms with van der Waals surface area (Å²) in [6.07, 6.45) is 0. The first kappa shape index (κ1) is 17.5. The van der Waals surface area contributed by atoms with Crippen molar-refractivity contribution in [2.24, 2.45) is 0 Å². The molecule has 8 heteroatoms. The SMILES string of the molecule is Cc1cccc(NC(=O)NC(=O)CN2C(=O)NC(C)(C)C2=O)c1C. The molecule has 1 heterocycles. The minimum absolute atomic E-state index is 0.516. The topological polar surface area (TPSA) is 108 Å². The molecule has 1 aliphatic heterocycles. The molecule has 128 valence electrons. The number of hydrogen-bond donors (Lipinski definition) is 3. The second kappa shape index (κ2) is 6.31. The summed E-state index contributed by atoms with van der Waals surface area (Å²) in [5, 5.41) is 7.14. The zero-order valence-electron chi connectivity index (χ0n) is 14.0. The lowest BCUT2D eigenvalue weighted by molar-refractivity contribution is -0.133. The Morgan fingerprint density at radius 3 is 2.46 bits per heavy atom. The Balaban J connectivity index is 1.95. The zero-order chi connectivity index (χ0) is 18.1. The van der Waals surface area contributed by atoms with E-state index in [1.807, 2.05) is 19.9 Å². The van der Waals surface area contributed by atoms with Crippen LogP contribution in [-0.2, 0) is 9.59 Å². The van der Waals surface area contributed by atoms with E-state index in [1.54, 1.807) is 26.0 Å². The number of rotatable bonds is 3. The maximum absolute atomic E-state index is 12.0. The molecule has 6 amide bonds. The molecular weight excluding hydrogens is 312 g/mol. The van der Waals surface area contributed by atoms with Crippen molar-refractivity contribution in [3.05, 3.63) is 29.3 Å². The number of aryl methyl sites for hydroxylation is 1. The van der Waals surface area contributed by atoms with Crippen LogP contribution in [0.4, 0.5) is 15.3 Å². The molecular formula is C16H20N4O4. The van der Waals surface area contributed by atoms with Crippen molar-refractivity contribution in [3.63, 3.8) is 0 Å². The number of imide groups is 2. The van der Waals surface area contributed by atoms with Crippen LogP contribution in [-0.4, -0.2) is 40.9 Å². The van der Waals surface area contributed by atoms with Gasteiger partial charge in [-0.1, -0.05) is 12.1 Å². The summed E-state index contributed by atoms with van der Waals surface area (Å²) in [5.41, 5.74) is 1.41. The molecule has 0 spiro atoms. The molecule has 1 aromatic carbocycles. The standard InChI is InChI=1S/C16H20N4O4/c1-9-6-5-7-11(10(9)2)17-14(23)18-12(21)8-20-13(22)16(3,4)19-15(20)24/h5-7H,8H2,1-4H3,(H,19,24)(H2,17,18,21,23). The van der Waals surface area contributed by atoms with Crippen molar-refractivity contribution in [2.45, 2.75) is 33.2 Å². The molecule has 0 bridgehead atoms. The van der Waals surface area contributed by atoms with Crippen LogP contribution in [0.3, 0.4) is 0 Å². The highest BCUT2D eigenvalue weighted by Gasteiger charge is 2.44. The molecule has 24 heavy (non-hydrogen) atoms. The Morgan fingerprint density at radius 1 is 1.21 bits per heavy atom. The Bertz CT molecular complexity index is 727. The molecule has 0 radical (unpaired) electrons. The van der Waals surface area contributed by atoms with Crippen molar-refractivity contribution >= 4 is 29.6 Å². The normalized spacial score (nSPS) is 15.9. The van der Waals surface area contributed by atoms with Gasteiger partial charge in [0.15, 0.2) is 0 Å². The summed E-state index contributed by atoms with van der Waals surface area (Å²) >= 11 is 0. The fourth-order valence-electron chi connectivity index (χ4n) is 2.31. The van der Waals surface area contributed by atoms with Crippen LogP contribution in [0, 0.1) is 13.8 Å². The van der Waals surface area contributed by atoms with Crippen molar-refractivity contribution in [1.29, 1.82) is 0 Å². The molecule has 1 saturated heterocycles. The van der Waals surface area contributed by atoms with Crippen LogP contribution < -0.4 is 16.0 Å². The third kappa shape index (κ3) is 3.53. The molecule has 1 fully saturated rings. The van der Waals surface area contributed by atoms with Crippen LogP contribution >= 0.6 is 0 Å². The summed E-state index contributed by atoms with van der Waals surface area (Å²) in [7, 11) is 0. The van der Waals surface area contributed by atoms with E-state index >= 15 is 0 Å². The number of benzene rings is 1. The predicted molar refractivity (Wildman–Crippen MR) is 87.4 cm³/mol. The first-order chi connectivity index (χ1) is 11.1. The van der Waals surface area contributed by atoms with Gasteiger partial charge in [-0.25, -0.2) is 9.59 Å². The maximum atomic E-state index is 12.0. The minimum atomic E-state index is -1.06. The Hall–Kier alpha value is -2.90. The summed E-state index contributed by atoms with van der Waals surface area (Å²) in [6, 6.07) is 4.03. The smallest absolute Gasteiger partial charge is 0.324 e. The van der Waals surface area contributed by atoms with Crippen molar-refractivity contribution in [2.75, 3.05) is 11.9 Å². The van der Waals surface area contributed by atoms with Crippen molar-refractivity contribution < 1.29 is 19.2 Å². The fourth-order valence-corrected chi connectivity index (χ4v) is 2.31. The second-order valence-electron chi connectivity index (χ2n) is 6.20. The Labute approximate surface area is 139 Å². The second-order valence-corrected chi connectivity index (χ2v) is 6.20. The van der Waals surface area contributed by atoms with Gasteiger partial charge in [-0.15, -0.1) is 0 Å². The van der Waals surface area contributed by atoms with E-state index < -0.39 is 36.0 Å². The van der Waals surface area contributed by atoms with Crippen LogP contribution in [0.2, 0.25) is 0 Å². The molecule has 8 nitrogen and oxygen atoms in total. The van der Waals surface area contributed by atoms with E-state index in [0.717, 1.165) is 16.0 Å². The highest BCUT2D eigenvalue weighted by Crippen LogP contribution is 2.18. The number of hydrogen-bond acceptors (Lipinski definition) is 4. The lowest BCUT2D eigenvalue weighted by atomic mass is 10.1. The lowest BCUT2D eigenvalue weighted by Gasteiger charge is -2.16. The number of carbonyl (C=O) groups excluding carboxylic acids is 4. The third-order valence-corrected chi connectivity index (χ3v) is 3.85. The van der Waals surface area contributed by atoms with Crippen molar-refractivity contribution in [3.8, 4) is 0 Å². The largest absolute Gasteiger partial charge is 0.325 e. The number of urea groups is 2. The molecule has 0 unspecified atom stereocenters. The number of nitrogens with one attached hydrogen (secondary N) is 3. The molecule has 0 saturated carbocycles. The highest BCUT2D eigenvalue weighted by atomic mass is 16.2. The van der Waals surface area contributed by atoms with E-state index in [4.69, 9.17) is 0 Å². The first-order valence-electron chi connectivity index (χ1n) is 7.43. The first-order valence-corrected chi connectivity index (χ1v) is 7.43. The number of amides is 6. The van der Waals surface area contributed by atoms with Crippen LogP contribution in [0.1, 0.15) is 25.0 Å². The average molecular weight is 332 g/mol. The van der Waals surface area contributed by atoms with Crippen LogP contribution in [0.25, 0.3) is 0 Å². The number of carbonyl (C=O) groups is 4. The van der Waals surface area contributed by atoms with E-state index in [2.05, 4.69) is 16.0 Å². The van der Waals surface area contributed by atoms with Gasteiger partial charge in [-0.2, -0.15) is 0 Å². The summed E-state index contributed by atoms with van der Waals surface area (Å²) in [4.78, 5) is 48.3. The molecule has 1 aromatic rings. The van der Waals surface area contributed by atoms with E-state index in [9.17, 15) is 19.2 Å². The lowest BCUT2D eigenvalue weighted by Crippen LogP contribution is -2.45. The quantitative estimate of drug-likeness (QED) is 0.725. The molecule has 0 atom stereocenters. The van der Waals surface area contributed by atoms with Crippen molar-refractivity contribution in [1.82, 2.24) is 15.5 Å². The molecule has 1 aliphatic rings. The summed E-state index contributed by atoms with van der Waals surface area (Å²) in [5.74, 6) is -1.27. The van der Waals surface area contributed by atoms with Gasteiger partial charge in [0.05, 0.1) is 0 Å². The van der Waals surface area contributed by atoms with E-state index in [-0.39, 0.29) is 0 Å². The van der Waals surface area contributed by atoms with Gasteiger partial charge < -0.3 is 10.6 Å². The number of anilines is 1. The third-order valence-electron chi connectivity index (χ3n) is 3.85. The van der Waals surface area contributed by atoms with Gasteiger partial charge in [-0.3, -0.25) is 19.8 Å². The van der Waals surface area contributed by atoms with Gasteiger partial charge in [-0.05, 0) is 44.9 Å². The number of nitrogens with zero attached hydrogens (tertiary/aromatic N) is 1. The molecule has 0 aliphatic carbocycles. The minimum Gasteiger partial charge on any atom is -0.324 e. The fraction of sp³-hybridized carbons (Fsp3) is 0.375. The van der Waals surface area contributed by atoms with Crippen LogP contribution in [0.5, 0.6) is 0 Å². The maximum Gasteiger partial charge on any atom is 0.325 e. The Morgan fingerprint density at radius 2 is 1.88 bits per heavy atom. The van der Waals surface area contributed by atoms with Crippen LogP contribution in [0.15, 0.2) is 18.2 Å². The van der Waals surface area contributed by atoms with Gasteiger partial charge in [0.2, 0.25) is 5.91 Å². The van der Waals surface area contributed by atoms with E-state index in [1.165, 1.54) is 0 Å². The highest BCUT2D eigenvalue weighted by molar-refractivity contribution is 6.10. The van der Waals surface area contributed by atoms with E-state index in [0.29, 0.717) is 5.69 Å². The summed E-state index contributed by atoms with van der Waals surface area (Å²) < 4.78 is 0. The molecule has 3 N–H and O–H groups in total. The monoisotopic (exact) mass is 332 g/mol. The molecule has 0 aromatic heterocycles. The molecule has 2 rings (SSSR count). The zero-order valence-corrected chi connectivity index (χ0v) is 14.0. The predicted octanol–water partition coefficient (Wildman–Crippen LogP) is 1.28. The Kier molecular flexibility index (Phi) is 4.59. The van der Waals surface area contributed by atoms with Gasteiger partial charge >= 0.3 is 12.1 Å². The van der Waals surface area contributed by atoms with Gasteiger partial charge in [0.1, 0.15) is 12.1 Å². The van der Waals surface area contributed by atoms with Gasteiger partial charge in [0, 0.05) is 5.69 Å². The van der Waals surface area contributed by atoms with Gasteiger partial charge in [0.25, 0.3) is 5.91 Å². The average Bonchev–Trinajstić information content (AvgIpc) is 2.66.